The first-order chi connectivity index (χ1) is 29.9. The zero-order valence-electron chi connectivity index (χ0n) is 34.9. The number of allylic oxidation sites excluding steroid dienone is 2. The number of ketones is 1. The van der Waals surface area contributed by atoms with Crippen molar-refractivity contribution in [2.75, 3.05) is 6.54 Å². The summed E-state index contributed by atoms with van der Waals surface area (Å²) >= 11 is 1.51. The molecule has 2 amide bonds. The van der Waals surface area contributed by atoms with Crippen molar-refractivity contribution in [3.8, 4) is 23.0 Å². The Hall–Kier alpha value is -5.21. The number of nitrogens with zero attached hydrogens (tertiary/aromatic N) is 3. The maximum Gasteiger partial charge on any atom is 0.240 e. The molecule has 0 unspecified atom stereocenters. The van der Waals surface area contributed by atoms with Gasteiger partial charge in [0, 0.05) is 34.4 Å². The predicted molar refractivity (Wildman–Crippen MR) is 237 cm³/mol. The Labute approximate surface area is 365 Å². The van der Waals surface area contributed by atoms with Crippen molar-refractivity contribution < 1.29 is 36.7 Å². The number of sulfonamides is 1. The number of nitrogens with one attached hydrogen (secondary N) is 1. The highest BCUT2D eigenvalue weighted by Crippen LogP contribution is 2.57. The number of rotatable bonds is 10. The number of carbonyl (C=O) groups is 3. The van der Waals surface area contributed by atoms with Crippen LogP contribution in [0, 0.1) is 23.1 Å². The molecule has 1 saturated heterocycles. The lowest BCUT2D eigenvalue weighted by Crippen LogP contribution is -2.46. The fourth-order valence-electron chi connectivity index (χ4n) is 9.16. The normalized spacial score (nSPS) is 25.2. The third kappa shape index (κ3) is 8.86. The highest BCUT2D eigenvalue weighted by atomic mass is 32.2. The average Bonchev–Trinajstić information content (AvgIpc) is 4.14. The van der Waals surface area contributed by atoms with E-state index in [1.54, 1.807) is 11.0 Å². The quantitative estimate of drug-likeness (QED) is 0.136. The molecule has 2 aromatic heterocycles. The molecule has 1 N–H and O–H groups in total. The van der Waals surface area contributed by atoms with Crippen LogP contribution >= 0.6 is 11.3 Å². The Morgan fingerprint density at radius 2 is 1.81 bits per heavy atom. The van der Waals surface area contributed by atoms with Crippen molar-refractivity contribution in [2.24, 2.45) is 17.3 Å². The van der Waals surface area contributed by atoms with Crippen LogP contribution in [0.15, 0.2) is 84.9 Å². The van der Waals surface area contributed by atoms with Gasteiger partial charge in [0.05, 0.1) is 34.9 Å². The molecule has 4 aliphatic rings. The molecule has 0 spiro atoms. The summed E-state index contributed by atoms with van der Waals surface area (Å²) in [5, 5.41) is 0.350. The number of amides is 2. The molecule has 4 heterocycles. The maximum absolute atomic E-state index is 15.0. The number of carbonyl (C=O) groups excluding carboxylic acids is 3. The number of halogens is 1. The maximum atomic E-state index is 15.0. The number of fused-ring (bicyclic) bond motifs is 5. The largest absolute Gasteiger partial charge is 0.491 e. The van der Waals surface area contributed by atoms with Crippen LogP contribution in [-0.4, -0.2) is 70.9 Å². The van der Waals surface area contributed by atoms with Gasteiger partial charge in [-0.3, -0.25) is 19.1 Å². The second kappa shape index (κ2) is 17.2. The van der Waals surface area contributed by atoms with Crippen molar-refractivity contribution in [2.45, 2.75) is 108 Å². The average molecular weight is 879 g/mol. The molecule has 0 radical (unpaired) electrons. The SMILES string of the molecule is CC(C)Oc1ccc(-c2nc(O[C@@H]3C[C@H]4C(=O)C[C@]5(C(=O)NS(=O)(=O)C6CC6)C[C@H]5/C=C\CCCCC[C@H](Cc5cccc(F)c5)C(=O)N4C3)c3sc4ccccc4c3n2)cc1. The van der Waals surface area contributed by atoms with E-state index in [0.29, 0.717) is 49.4 Å². The summed E-state index contributed by atoms with van der Waals surface area (Å²) in [4.78, 5) is 55.4. The molecule has 2 aliphatic carbocycles. The van der Waals surface area contributed by atoms with Gasteiger partial charge >= 0.3 is 0 Å². The van der Waals surface area contributed by atoms with E-state index in [1.807, 2.05) is 80.6 Å². The standard InChI is InChI=1S/C48H51FN4O7S2/c1-29(2)59-35-19-17-31(18-20-35)44-50-42-38-15-8-9-16-41(38)61-43(42)45(51-44)60-36-25-39-40(54)27-48(47(56)52-62(57,58)37-21-22-37)26-33(48)13-7-5-3-4-6-12-32(46(55)53(39)28-36)23-30-11-10-14-34(49)24-30/h7-11,13-20,24,29,32-33,36-37,39H,3-6,12,21-23,25-28H2,1-2H3,(H,52,56)/b13-7-/t32-,33-,36-,39+,48-/m1/s1. The van der Waals surface area contributed by atoms with Gasteiger partial charge in [0.25, 0.3) is 0 Å². The number of aromatic nitrogens is 2. The van der Waals surface area contributed by atoms with Crippen LogP contribution < -0.4 is 14.2 Å². The monoisotopic (exact) mass is 878 g/mol. The van der Waals surface area contributed by atoms with Gasteiger partial charge in [0.1, 0.15) is 22.4 Å². The summed E-state index contributed by atoms with van der Waals surface area (Å²) in [6, 6.07) is 20.9. The predicted octanol–water partition coefficient (Wildman–Crippen LogP) is 8.74. The number of Topliss-reactive ketones (excluding diaryl/α,β-unsaturated/α-hetero) is 1. The molecule has 0 bridgehead atoms. The van der Waals surface area contributed by atoms with Crippen LogP contribution in [0.3, 0.4) is 0 Å². The van der Waals surface area contributed by atoms with Gasteiger partial charge in [0.15, 0.2) is 11.6 Å². The van der Waals surface area contributed by atoms with Gasteiger partial charge in [-0.2, -0.15) is 4.98 Å². The number of benzene rings is 3. The van der Waals surface area contributed by atoms with E-state index in [4.69, 9.17) is 19.4 Å². The first-order valence-electron chi connectivity index (χ1n) is 21.8. The molecule has 62 heavy (non-hydrogen) atoms. The fourth-order valence-corrected chi connectivity index (χ4v) is 11.6. The highest BCUT2D eigenvalue weighted by Gasteiger charge is 2.61. The minimum Gasteiger partial charge on any atom is -0.491 e. The zero-order valence-corrected chi connectivity index (χ0v) is 36.6. The highest BCUT2D eigenvalue weighted by molar-refractivity contribution is 7.90. The van der Waals surface area contributed by atoms with Crippen LogP contribution in [0.1, 0.15) is 83.6 Å². The number of thiophene rings is 1. The minimum absolute atomic E-state index is 0.00957. The van der Waals surface area contributed by atoms with E-state index in [1.165, 1.54) is 23.5 Å². The summed E-state index contributed by atoms with van der Waals surface area (Å²) in [6.45, 7) is 4.02. The van der Waals surface area contributed by atoms with Crippen LogP contribution in [0.2, 0.25) is 0 Å². The van der Waals surface area contributed by atoms with Gasteiger partial charge in [-0.1, -0.05) is 55.3 Å². The number of ether oxygens (including phenoxy) is 2. The van der Waals surface area contributed by atoms with E-state index in [-0.39, 0.29) is 48.9 Å². The molecule has 3 aromatic carbocycles. The third-order valence-electron chi connectivity index (χ3n) is 12.7. The molecule has 9 rings (SSSR count). The van der Waals surface area contributed by atoms with Crippen molar-refractivity contribution >= 4 is 59.3 Å². The summed E-state index contributed by atoms with van der Waals surface area (Å²) in [7, 11) is -3.86. The molecule has 2 saturated carbocycles. The van der Waals surface area contributed by atoms with Crippen LogP contribution in [-0.2, 0) is 30.8 Å². The fraction of sp³-hybridized carbons (Fsp3) is 0.438. The van der Waals surface area contributed by atoms with Crippen LogP contribution in [0.4, 0.5) is 4.39 Å². The Morgan fingerprint density at radius 3 is 2.58 bits per heavy atom. The molecular weight excluding hydrogens is 828 g/mol. The summed E-state index contributed by atoms with van der Waals surface area (Å²) in [6.07, 6.45) is 8.67. The van der Waals surface area contributed by atoms with Gasteiger partial charge in [-0.15, -0.1) is 11.3 Å². The van der Waals surface area contributed by atoms with Crippen molar-refractivity contribution in [1.29, 1.82) is 0 Å². The number of hydrogen-bond acceptors (Lipinski definition) is 10. The first kappa shape index (κ1) is 42.1. The lowest BCUT2D eigenvalue weighted by atomic mass is 9.90. The van der Waals surface area contributed by atoms with Crippen molar-refractivity contribution in [3.05, 3.63) is 96.3 Å². The lowest BCUT2D eigenvalue weighted by molar-refractivity contribution is -0.142. The summed E-state index contributed by atoms with van der Waals surface area (Å²) in [5.74, 6) is -0.932. The molecule has 2 aliphatic heterocycles. The third-order valence-corrected chi connectivity index (χ3v) is 15.6. The second-order valence-corrected chi connectivity index (χ2v) is 20.7. The summed E-state index contributed by atoms with van der Waals surface area (Å²) < 4.78 is 57.3. The molecule has 11 nitrogen and oxygen atoms in total. The van der Waals surface area contributed by atoms with E-state index in [2.05, 4.69) is 4.72 Å². The Balaban J connectivity index is 1.07. The lowest BCUT2D eigenvalue weighted by Gasteiger charge is -2.29. The van der Waals surface area contributed by atoms with E-state index >= 15 is 0 Å². The second-order valence-electron chi connectivity index (χ2n) is 17.7. The molecule has 5 atom stereocenters. The van der Waals surface area contributed by atoms with Crippen LogP contribution in [0.25, 0.3) is 31.7 Å². The van der Waals surface area contributed by atoms with E-state index < -0.39 is 44.7 Å². The molecule has 3 fully saturated rings. The first-order valence-corrected chi connectivity index (χ1v) is 24.2. The summed E-state index contributed by atoms with van der Waals surface area (Å²) in [5.41, 5.74) is 0.931. The van der Waals surface area contributed by atoms with Gasteiger partial charge < -0.3 is 14.4 Å². The molecular formula is C48H51FN4O7S2. The van der Waals surface area contributed by atoms with Gasteiger partial charge in [-0.05, 0) is 113 Å². The topological polar surface area (TPSA) is 145 Å². The Kier molecular flexibility index (Phi) is 11.7. The van der Waals surface area contributed by atoms with Gasteiger partial charge in [-0.25, -0.2) is 17.8 Å². The Bertz CT molecular complexity index is 2660. The smallest absolute Gasteiger partial charge is 0.240 e. The molecule has 14 heteroatoms. The van der Waals surface area contributed by atoms with Crippen molar-refractivity contribution in [1.82, 2.24) is 19.6 Å². The molecule has 5 aromatic rings. The zero-order chi connectivity index (χ0) is 43.2. The molecule has 324 valence electrons. The number of hydrogen-bond donors (Lipinski definition) is 1. The van der Waals surface area contributed by atoms with Gasteiger partial charge in [0.2, 0.25) is 27.7 Å². The van der Waals surface area contributed by atoms with Crippen LogP contribution in [0.5, 0.6) is 11.6 Å². The van der Waals surface area contributed by atoms with Crippen molar-refractivity contribution in [3.63, 3.8) is 0 Å². The van der Waals surface area contributed by atoms with E-state index in [0.717, 1.165) is 57.3 Å². The minimum atomic E-state index is -3.86. The Morgan fingerprint density at radius 1 is 1.00 bits per heavy atom. The van der Waals surface area contributed by atoms with E-state index in [9.17, 15) is 27.2 Å².